The molecule has 2 bridgehead atoms. The first-order chi connectivity index (χ1) is 11.7. The summed E-state index contributed by atoms with van der Waals surface area (Å²) >= 11 is 5.84. The quantitative estimate of drug-likeness (QED) is 0.794. The minimum absolute atomic E-state index is 0.172. The van der Waals surface area contributed by atoms with Gasteiger partial charge in [-0.05, 0) is 65.0 Å². The van der Waals surface area contributed by atoms with Gasteiger partial charge < -0.3 is 14.5 Å². The number of rotatable bonds is 2. The minimum Gasteiger partial charge on any atom is -0.444 e. The Kier molecular flexibility index (Phi) is 5.09. The molecule has 2 fully saturated rings. The van der Waals surface area contributed by atoms with Gasteiger partial charge in [0.05, 0.1) is 0 Å². The highest BCUT2D eigenvalue weighted by atomic mass is 35.5. The Balaban J connectivity index is 1.72. The summed E-state index contributed by atoms with van der Waals surface area (Å²) in [5.41, 5.74) is -0.460. The van der Waals surface area contributed by atoms with Gasteiger partial charge in [0.2, 0.25) is 0 Å². The number of carbonyl (C=O) groups excluding carboxylic acids is 1. The average Bonchev–Trinajstić information content (AvgIpc) is 2.52. The van der Waals surface area contributed by atoms with E-state index in [0.29, 0.717) is 11.2 Å². The van der Waals surface area contributed by atoms with E-state index in [-0.39, 0.29) is 18.2 Å². The fourth-order valence-corrected chi connectivity index (χ4v) is 4.07. The number of aromatic nitrogens is 2. The van der Waals surface area contributed by atoms with Crippen molar-refractivity contribution in [3.63, 3.8) is 0 Å². The lowest BCUT2D eigenvalue weighted by molar-refractivity contribution is -0.0213. The van der Waals surface area contributed by atoms with Gasteiger partial charge in [-0.15, -0.1) is 10.2 Å². The molecule has 0 spiro atoms. The number of nitrogens with zero attached hydrogens (tertiary/aromatic N) is 4. The first-order valence-corrected chi connectivity index (χ1v) is 9.36. The van der Waals surface area contributed by atoms with Crippen LogP contribution in [0.5, 0.6) is 0 Å². The molecule has 1 amide bonds. The molecule has 3 heterocycles. The van der Waals surface area contributed by atoms with Crippen molar-refractivity contribution in [3.8, 4) is 0 Å². The van der Waals surface area contributed by atoms with E-state index >= 15 is 0 Å². The zero-order chi connectivity index (χ0) is 18.2. The van der Waals surface area contributed by atoms with Crippen molar-refractivity contribution in [3.05, 3.63) is 17.3 Å². The molecule has 1 aromatic rings. The van der Waals surface area contributed by atoms with Gasteiger partial charge in [0.15, 0.2) is 11.0 Å². The van der Waals surface area contributed by atoms with Crippen molar-refractivity contribution < 1.29 is 9.53 Å². The van der Waals surface area contributed by atoms with Crippen LogP contribution in [0.1, 0.15) is 52.9 Å². The molecule has 0 radical (unpaired) electrons. The normalized spacial score (nSPS) is 26.3. The third-order valence-electron chi connectivity index (χ3n) is 5.08. The summed E-state index contributed by atoms with van der Waals surface area (Å²) in [4.78, 5) is 16.8. The molecule has 1 aromatic heterocycles. The van der Waals surface area contributed by atoms with Crippen LogP contribution >= 0.6 is 11.6 Å². The highest BCUT2D eigenvalue weighted by Gasteiger charge is 2.43. The van der Waals surface area contributed by atoms with Gasteiger partial charge in [-0.3, -0.25) is 0 Å². The van der Waals surface area contributed by atoms with E-state index in [1.807, 2.05) is 38.8 Å². The second kappa shape index (κ2) is 6.98. The SMILES string of the molecule is CN(c1ccc(Cl)nn1)[C@@H]1C[C@H]2CCC[C@@H](C1)N2C(=O)OC(C)(C)C. The number of fused-ring (bicyclic) bond motifs is 2. The number of hydrogen-bond donors (Lipinski definition) is 0. The standard InChI is InChI=1S/C18H27ClN4O2/c1-18(2,3)25-17(24)23-12-6-5-7-13(23)11-14(10-12)22(4)16-9-8-15(19)20-21-16/h8-9,12-14H,5-7,10-11H2,1-4H3/t12-,13+,14-. The maximum atomic E-state index is 12.7. The molecule has 0 aliphatic carbocycles. The fraction of sp³-hybridized carbons (Fsp3) is 0.722. The van der Waals surface area contributed by atoms with E-state index in [2.05, 4.69) is 15.1 Å². The molecule has 6 nitrogen and oxygen atoms in total. The Bertz CT molecular complexity index is 602. The Hall–Kier alpha value is -1.56. The number of carbonyl (C=O) groups is 1. The van der Waals surface area contributed by atoms with Crippen LogP contribution in [-0.2, 0) is 4.74 Å². The fourth-order valence-electron chi connectivity index (χ4n) is 3.97. The first-order valence-electron chi connectivity index (χ1n) is 8.98. The minimum atomic E-state index is -0.460. The number of piperidine rings is 2. The molecule has 0 aromatic carbocycles. The number of halogens is 1. The maximum Gasteiger partial charge on any atom is 0.410 e. The molecule has 3 atom stereocenters. The van der Waals surface area contributed by atoms with Gasteiger partial charge in [-0.1, -0.05) is 11.6 Å². The average molecular weight is 367 g/mol. The summed E-state index contributed by atoms with van der Waals surface area (Å²) in [6, 6.07) is 4.46. The molecular formula is C18H27ClN4O2. The number of anilines is 1. The van der Waals surface area contributed by atoms with E-state index < -0.39 is 5.60 Å². The predicted molar refractivity (Wildman–Crippen MR) is 98.0 cm³/mol. The summed E-state index contributed by atoms with van der Waals surface area (Å²) in [7, 11) is 2.04. The Morgan fingerprint density at radius 1 is 1.24 bits per heavy atom. The van der Waals surface area contributed by atoms with Crippen LogP contribution in [0.25, 0.3) is 0 Å². The number of amides is 1. The summed E-state index contributed by atoms with van der Waals surface area (Å²) in [6.45, 7) is 5.75. The van der Waals surface area contributed by atoms with E-state index in [0.717, 1.165) is 31.5 Å². The summed E-state index contributed by atoms with van der Waals surface area (Å²) in [5, 5.41) is 8.53. The van der Waals surface area contributed by atoms with Gasteiger partial charge in [-0.2, -0.15) is 0 Å². The third kappa shape index (κ3) is 4.17. The molecule has 138 valence electrons. The second-order valence-corrected chi connectivity index (χ2v) is 8.46. The summed E-state index contributed by atoms with van der Waals surface area (Å²) < 4.78 is 5.64. The van der Waals surface area contributed by atoms with Gasteiger partial charge in [0.1, 0.15) is 5.60 Å². The van der Waals surface area contributed by atoms with Crippen molar-refractivity contribution in [2.45, 2.75) is 76.6 Å². The second-order valence-electron chi connectivity index (χ2n) is 8.08. The molecule has 7 heteroatoms. The number of ether oxygens (including phenoxy) is 1. The van der Waals surface area contributed by atoms with Crippen molar-refractivity contribution in [1.29, 1.82) is 0 Å². The van der Waals surface area contributed by atoms with Crippen LogP contribution in [0.2, 0.25) is 5.15 Å². The molecule has 2 aliphatic heterocycles. The van der Waals surface area contributed by atoms with Crippen LogP contribution in [-0.4, -0.2) is 52.0 Å². The molecule has 0 N–H and O–H groups in total. The highest BCUT2D eigenvalue weighted by molar-refractivity contribution is 6.29. The van der Waals surface area contributed by atoms with Crippen molar-refractivity contribution in [2.75, 3.05) is 11.9 Å². The van der Waals surface area contributed by atoms with Crippen molar-refractivity contribution >= 4 is 23.5 Å². The molecule has 2 aliphatic rings. The highest BCUT2D eigenvalue weighted by Crippen LogP contribution is 2.37. The van der Waals surface area contributed by atoms with Crippen molar-refractivity contribution in [1.82, 2.24) is 15.1 Å². The third-order valence-corrected chi connectivity index (χ3v) is 5.28. The first kappa shape index (κ1) is 18.2. The van der Waals surface area contributed by atoms with E-state index in [1.165, 1.54) is 6.42 Å². The van der Waals surface area contributed by atoms with Crippen molar-refractivity contribution in [2.24, 2.45) is 0 Å². The summed E-state index contributed by atoms with van der Waals surface area (Å²) in [5.74, 6) is 0.818. The molecule has 0 unspecified atom stereocenters. The van der Waals surface area contributed by atoms with E-state index in [9.17, 15) is 4.79 Å². The molecule has 3 rings (SSSR count). The Morgan fingerprint density at radius 3 is 2.40 bits per heavy atom. The topological polar surface area (TPSA) is 58.6 Å². The molecule has 25 heavy (non-hydrogen) atoms. The van der Waals surface area contributed by atoms with Gasteiger partial charge in [0, 0.05) is 25.2 Å². The van der Waals surface area contributed by atoms with Gasteiger partial charge >= 0.3 is 6.09 Å². The lowest BCUT2D eigenvalue weighted by Gasteiger charge is -2.50. The molecule has 0 saturated carbocycles. The Labute approximate surface area is 154 Å². The summed E-state index contributed by atoms with van der Waals surface area (Å²) in [6.07, 6.45) is 4.92. The lowest BCUT2D eigenvalue weighted by atomic mass is 9.81. The van der Waals surface area contributed by atoms with Crippen LogP contribution in [0.4, 0.5) is 10.6 Å². The molecule has 2 saturated heterocycles. The van der Waals surface area contributed by atoms with Gasteiger partial charge in [0.25, 0.3) is 0 Å². The van der Waals surface area contributed by atoms with Crippen LogP contribution in [0.3, 0.4) is 0 Å². The van der Waals surface area contributed by atoms with Crippen LogP contribution in [0.15, 0.2) is 12.1 Å². The lowest BCUT2D eigenvalue weighted by Crippen LogP contribution is -2.59. The zero-order valence-corrected chi connectivity index (χ0v) is 16.2. The maximum absolute atomic E-state index is 12.7. The monoisotopic (exact) mass is 366 g/mol. The van der Waals surface area contributed by atoms with Crippen LogP contribution < -0.4 is 4.90 Å². The largest absolute Gasteiger partial charge is 0.444 e. The zero-order valence-electron chi connectivity index (χ0n) is 15.4. The van der Waals surface area contributed by atoms with Crippen LogP contribution in [0, 0.1) is 0 Å². The molecular weight excluding hydrogens is 340 g/mol. The number of hydrogen-bond acceptors (Lipinski definition) is 5. The Morgan fingerprint density at radius 2 is 1.88 bits per heavy atom. The van der Waals surface area contributed by atoms with E-state index in [1.54, 1.807) is 6.07 Å². The smallest absolute Gasteiger partial charge is 0.410 e. The van der Waals surface area contributed by atoms with E-state index in [4.69, 9.17) is 16.3 Å². The predicted octanol–water partition coefficient (Wildman–Crippen LogP) is 3.89. The van der Waals surface area contributed by atoms with Gasteiger partial charge in [-0.25, -0.2) is 4.79 Å².